The van der Waals surface area contributed by atoms with Crippen LogP contribution in [0.3, 0.4) is 0 Å². The Morgan fingerprint density at radius 1 is 1.20 bits per heavy atom. The number of carbonyl (C=O) groups excluding carboxylic acids is 2. The lowest BCUT2D eigenvalue weighted by Crippen LogP contribution is -2.44. The van der Waals surface area contributed by atoms with Gasteiger partial charge in [-0.25, -0.2) is 9.59 Å². The molecular formula is C23H35NO5Si. The molecule has 0 aliphatic carbocycles. The molecule has 0 radical (unpaired) electrons. The molecule has 2 rings (SSSR count). The summed E-state index contributed by atoms with van der Waals surface area (Å²) in [5.41, 5.74) is 1.27. The first-order valence-corrected chi connectivity index (χ1v) is 13.3. The van der Waals surface area contributed by atoms with E-state index in [0.717, 1.165) is 5.56 Å². The molecule has 0 unspecified atom stereocenters. The van der Waals surface area contributed by atoms with Crippen LogP contribution in [0.1, 0.15) is 39.2 Å². The number of esters is 1. The predicted molar refractivity (Wildman–Crippen MR) is 120 cm³/mol. The number of likely N-dealkylation sites (tertiary alicyclic amines) is 1. The first-order chi connectivity index (χ1) is 13.9. The monoisotopic (exact) mass is 433 g/mol. The molecule has 166 valence electrons. The minimum Gasteiger partial charge on any atom is -0.466 e. The van der Waals surface area contributed by atoms with E-state index in [0.29, 0.717) is 25.0 Å². The molecule has 0 N–H and O–H groups in total. The largest absolute Gasteiger partial charge is 0.466 e. The van der Waals surface area contributed by atoms with E-state index in [4.69, 9.17) is 13.9 Å². The van der Waals surface area contributed by atoms with Crippen molar-refractivity contribution in [2.75, 3.05) is 13.7 Å². The molecule has 1 aromatic rings. The SMILES string of the molecule is C=C(C[C@@H]1C[C@@H](O[Si](C)(C)C(C)(C)C)CN1C(=O)OCc1ccccc1)C(=O)OC. The second kappa shape index (κ2) is 9.79. The maximum Gasteiger partial charge on any atom is 0.410 e. The topological polar surface area (TPSA) is 65.1 Å². The number of amides is 1. The molecule has 0 spiro atoms. The van der Waals surface area contributed by atoms with E-state index in [2.05, 4.69) is 40.4 Å². The minimum atomic E-state index is -2.00. The molecule has 0 aromatic heterocycles. The van der Waals surface area contributed by atoms with E-state index in [-0.39, 0.29) is 23.8 Å². The van der Waals surface area contributed by atoms with Crippen molar-refractivity contribution >= 4 is 20.4 Å². The zero-order valence-electron chi connectivity index (χ0n) is 19.1. The van der Waals surface area contributed by atoms with Crippen LogP contribution in [0, 0.1) is 0 Å². The summed E-state index contributed by atoms with van der Waals surface area (Å²) in [5, 5.41) is 0.0688. The van der Waals surface area contributed by atoms with E-state index in [9.17, 15) is 9.59 Å². The summed E-state index contributed by atoms with van der Waals surface area (Å²) in [7, 11) is -0.666. The standard InChI is InChI=1S/C23H35NO5Si/c1-17(21(25)27-5)13-19-14-20(29-30(6,7)23(2,3)4)15-24(19)22(26)28-16-18-11-9-8-10-12-18/h8-12,19-20H,1,13-16H2,2-7H3/t19-,20-/m1/s1. The third-order valence-electron chi connectivity index (χ3n) is 6.04. The van der Waals surface area contributed by atoms with Gasteiger partial charge in [-0.1, -0.05) is 57.7 Å². The smallest absolute Gasteiger partial charge is 0.410 e. The number of benzene rings is 1. The molecule has 1 aliphatic rings. The average molecular weight is 434 g/mol. The van der Waals surface area contributed by atoms with Crippen LogP contribution < -0.4 is 0 Å². The Labute approximate surface area is 181 Å². The number of rotatable bonds is 7. The number of hydrogen-bond donors (Lipinski definition) is 0. The van der Waals surface area contributed by atoms with Gasteiger partial charge in [-0.05, 0) is 36.5 Å². The lowest BCUT2D eigenvalue weighted by molar-refractivity contribution is -0.136. The summed E-state index contributed by atoms with van der Waals surface area (Å²) in [6.07, 6.45) is 0.487. The first kappa shape index (κ1) is 24.1. The Morgan fingerprint density at radius 2 is 1.83 bits per heavy atom. The van der Waals surface area contributed by atoms with Crippen molar-refractivity contribution in [2.45, 2.75) is 70.5 Å². The lowest BCUT2D eigenvalue weighted by atomic mass is 10.1. The number of hydrogen-bond acceptors (Lipinski definition) is 5. The molecule has 1 amide bonds. The molecule has 30 heavy (non-hydrogen) atoms. The summed E-state index contributed by atoms with van der Waals surface area (Å²) in [4.78, 5) is 26.4. The Kier molecular flexibility index (Phi) is 7.88. The first-order valence-electron chi connectivity index (χ1n) is 10.4. The van der Waals surface area contributed by atoms with Crippen molar-refractivity contribution in [3.8, 4) is 0 Å². The number of methoxy groups -OCH3 is 1. The van der Waals surface area contributed by atoms with Crippen LogP contribution in [-0.2, 0) is 25.3 Å². The van der Waals surface area contributed by atoms with Crippen LogP contribution in [0.15, 0.2) is 42.5 Å². The molecule has 0 bridgehead atoms. The maximum absolute atomic E-state index is 12.9. The summed E-state index contributed by atoms with van der Waals surface area (Å²) < 4.78 is 16.9. The fraction of sp³-hybridized carbons (Fsp3) is 0.565. The van der Waals surface area contributed by atoms with Crippen molar-refractivity contribution in [1.29, 1.82) is 0 Å². The van der Waals surface area contributed by atoms with Crippen molar-refractivity contribution < 1.29 is 23.5 Å². The van der Waals surface area contributed by atoms with Gasteiger partial charge < -0.3 is 18.8 Å². The summed E-state index contributed by atoms with van der Waals surface area (Å²) in [5.74, 6) is -0.457. The van der Waals surface area contributed by atoms with Crippen molar-refractivity contribution in [1.82, 2.24) is 4.90 Å². The highest BCUT2D eigenvalue weighted by Crippen LogP contribution is 2.39. The molecule has 2 atom stereocenters. The zero-order valence-corrected chi connectivity index (χ0v) is 20.1. The van der Waals surface area contributed by atoms with Crippen molar-refractivity contribution in [3.63, 3.8) is 0 Å². The fourth-order valence-corrected chi connectivity index (χ4v) is 4.64. The lowest BCUT2D eigenvalue weighted by Gasteiger charge is -2.38. The van der Waals surface area contributed by atoms with Crippen LogP contribution in [0.25, 0.3) is 0 Å². The van der Waals surface area contributed by atoms with Gasteiger partial charge in [-0.15, -0.1) is 0 Å². The molecule has 1 aliphatic heterocycles. The van der Waals surface area contributed by atoms with Crippen LogP contribution in [0.4, 0.5) is 4.79 Å². The Bertz CT molecular complexity index is 757. The average Bonchev–Trinajstić information content (AvgIpc) is 3.06. The molecule has 7 heteroatoms. The minimum absolute atomic E-state index is 0.0688. The Balaban J connectivity index is 2.10. The number of ether oxygens (including phenoxy) is 2. The third-order valence-corrected chi connectivity index (χ3v) is 10.6. The molecule has 1 fully saturated rings. The van der Waals surface area contributed by atoms with Crippen LogP contribution in [0.2, 0.25) is 18.1 Å². The molecule has 1 aromatic carbocycles. The van der Waals surface area contributed by atoms with Gasteiger partial charge in [0.25, 0.3) is 0 Å². The zero-order chi connectivity index (χ0) is 22.5. The van der Waals surface area contributed by atoms with E-state index in [1.54, 1.807) is 4.90 Å². The highest BCUT2D eigenvalue weighted by atomic mass is 28.4. The van der Waals surface area contributed by atoms with Crippen LogP contribution in [0.5, 0.6) is 0 Å². The highest BCUT2D eigenvalue weighted by Gasteiger charge is 2.44. The number of nitrogens with zero attached hydrogens (tertiary/aromatic N) is 1. The second-order valence-corrected chi connectivity index (χ2v) is 14.1. The summed E-state index contributed by atoms with van der Waals surface area (Å²) in [6, 6.07) is 9.35. The van der Waals surface area contributed by atoms with Gasteiger partial charge in [0, 0.05) is 18.2 Å². The summed E-state index contributed by atoms with van der Waals surface area (Å²) >= 11 is 0. The van der Waals surface area contributed by atoms with E-state index in [1.165, 1.54) is 7.11 Å². The highest BCUT2D eigenvalue weighted by molar-refractivity contribution is 6.74. The van der Waals surface area contributed by atoms with Gasteiger partial charge in [0.05, 0.1) is 13.2 Å². The van der Waals surface area contributed by atoms with E-state index in [1.807, 2.05) is 30.3 Å². The summed E-state index contributed by atoms with van der Waals surface area (Å²) in [6.45, 7) is 15.5. The fourth-order valence-electron chi connectivity index (χ4n) is 3.28. The molecule has 1 saturated heterocycles. The third kappa shape index (κ3) is 6.19. The second-order valence-electron chi connectivity index (χ2n) is 9.38. The van der Waals surface area contributed by atoms with Crippen LogP contribution >= 0.6 is 0 Å². The van der Waals surface area contributed by atoms with Crippen molar-refractivity contribution in [2.24, 2.45) is 0 Å². The maximum atomic E-state index is 12.9. The van der Waals surface area contributed by atoms with Crippen molar-refractivity contribution in [3.05, 3.63) is 48.0 Å². The van der Waals surface area contributed by atoms with Gasteiger partial charge in [0.15, 0.2) is 8.32 Å². The van der Waals surface area contributed by atoms with E-state index < -0.39 is 20.4 Å². The molecule has 0 saturated carbocycles. The van der Waals surface area contributed by atoms with Crippen LogP contribution in [-0.4, -0.2) is 51.1 Å². The van der Waals surface area contributed by atoms with Gasteiger partial charge in [-0.3, -0.25) is 0 Å². The normalized spacial score (nSPS) is 19.5. The number of carbonyl (C=O) groups is 2. The molecule has 6 nitrogen and oxygen atoms in total. The Morgan fingerprint density at radius 3 is 2.40 bits per heavy atom. The Hall–Kier alpha value is -2.12. The quantitative estimate of drug-likeness (QED) is 0.347. The molecular weight excluding hydrogens is 398 g/mol. The van der Waals surface area contributed by atoms with E-state index >= 15 is 0 Å². The van der Waals surface area contributed by atoms with Gasteiger partial charge >= 0.3 is 12.1 Å². The van der Waals surface area contributed by atoms with Gasteiger partial charge in [0.1, 0.15) is 6.61 Å². The molecule has 1 heterocycles. The predicted octanol–water partition coefficient (Wildman–Crippen LogP) is 4.91. The van der Waals surface area contributed by atoms with Gasteiger partial charge in [-0.2, -0.15) is 0 Å². The van der Waals surface area contributed by atoms with Gasteiger partial charge in [0.2, 0.25) is 0 Å².